The van der Waals surface area contributed by atoms with Crippen molar-refractivity contribution in [1.82, 2.24) is 25.2 Å². The first-order chi connectivity index (χ1) is 14.3. The summed E-state index contributed by atoms with van der Waals surface area (Å²) in [4.78, 5) is 22.7. The average Bonchev–Trinajstić information content (AvgIpc) is 3.37. The first kappa shape index (κ1) is 20.8. The number of amides is 1. The fraction of sp³-hybridized carbons (Fsp3) is 0.737. The smallest absolute Gasteiger partial charge is 0.342 e. The van der Waals surface area contributed by atoms with Crippen LogP contribution in [-0.2, 0) is 11.2 Å². The highest BCUT2D eigenvalue weighted by molar-refractivity contribution is 5.77. The van der Waals surface area contributed by atoms with Gasteiger partial charge in [-0.3, -0.25) is 4.79 Å². The molecule has 0 radical (unpaired) electrons. The molecule has 30 heavy (non-hydrogen) atoms. The van der Waals surface area contributed by atoms with Crippen LogP contribution in [0.15, 0.2) is 9.05 Å². The Morgan fingerprint density at radius 1 is 1.00 bits per heavy atom. The fourth-order valence-electron chi connectivity index (χ4n) is 4.29. The summed E-state index contributed by atoms with van der Waals surface area (Å²) in [6.45, 7) is 2.82. The maximum atomic E-state index is 12.8. The standard InChI is InChI=1S/C19H24F3N5O3/c1-11-23-15(29-25-11)10-16(28)27-8-6-13(7-9-27)18-24-17(26-30-18)12-2-4-14(5-3-12)19(20,21)22/h12-14H,2-10H2,1H3. The van der Waals surface area contributed by atoms with E-state index in [4.69, 9.17) is 9.05 Å². The number of likely N-dealkylation sites (tertiary alicyclic amines) is 1. The average molecular weight is 427 g/mol. The predicted molar refractivity (Wildman–Crippen MR) is 96.3 cm³/mol. The highest BCUT2D eigenvalue weighted by atomic mass is 19.4. The molecule has 0 atom stereocenters. The van der Waals surface area contributed by atoms with Crippen molar-refractivity contribution < 1.29 is 27.0 Å². The second-order valence-electron chi connectivity index (χ2n) is 8.15. The van der Waals surface area contributed by atoms with Gasteiger partial charge in [-0.15, -0.1) is 0 Å². The molecule has 0 unspecified atom stereocenters. The zero-order valence-electron chi connectivity index (χ0n) is 16.7. The van der Waals surface area contributed by atoms with Gasteiger partial charge >= 0.3 is 6.18 Å². The molecule has 0 spiro atoms. The van der Waals surface area contributed by atoms with Crippen molar-refractivity contribution in [2.45, 2.75) is 69.9 Å². The third-order valence-corrected chi connectivity index (χ3v) is 6.08. The Hall–Kier alpha value is -2.46. The molecule has 3 heterocycles. The Balaban J connectivity index is 1.28. The first-order valence-corrected chi connectivity index (χ1v) is 10.3. The van der Waals surface area contributed by atoms with Gasteiger partial charge in [-0.1, -0.05) is 10.3 Å². The number of alkyl halides is 3. The number of halogens is 3. The minimum Gasteiger partial charge on any atom is -0.342 e. The molecule has 0 aromatic carbocycles. The van der Waals surface area contributed by atoms with Gasteiger partial charge in [0.2, 0.25) is 17.7 Å². The lowest BCUT2D eigenvalue weighted by atomic mass is 9.81. The van der Waals surface area contributed by atoms with Crippen LogP contribution in [0, 0.1) is 12.8 Å². The lowest BCUT2D eigenvalue weighted by Crippen LogP contribution is -2.38. The van der Waals surface area contributed by atoms with Gasteiger partial charge in [0.15, 0.2) is 11.6 Å². The van der Waals surface area contributed by atoms with Gasteiger partial charge < -0.3 is 13.9 Å². The van der Waals surface area contributed by atoms with Crippen molar-refractivity contribution >= 4 is 5.91 Å². The van der Waals surface area contributed by atoms with Gasteiger partial charge in [0.25, 0.3) is 0 Å². The molecule has 0 N–H and O–H groups in total. The van der Waals surface area contributed by atoms with E-state index in [1.165, 1.54) is 0 Å². The number of piperidine rings is 1. The van der Waals surface area contributed by atoms with Crippen LogP contribution in [0.2, 0.25) is 0 Å². The summed E-state index contributed by atoms with van der Waals surface area (Å²) in [5.74, 6) is 0.506. The van der Waals surface area contributed by atoms with E-state index >= 15 is 0 Å². The van der Waals surface area contributed by atoms with Crippen molar-refractivity contribution in [2.24, 2.45) is 5.92 Å². The summed E-state index contributed by atoms with van der Waals surface area (Å²) in [6.07, 6.45) is -1.60. The topological polar surface area (TPSA) is 98.2 Å². The first-order valence-electron chi connectivity index (χ1n) is 10.3. The third kappa shape index (κ3) is 4.65. The number of carbonyl (C=O) groups excluding carboxylic acids is 1. The van der Waals surface area contributed by atoms with Crippen LogP contribution in [0.5, 0.6) is 0 Å². The van der Waals surface area contributed by atoms with Gasteiger partial charge in [-0.2, -0.15) is 23.1 Å². The zero-order valence-corrected chi connectivity index (χ0v) is 16.7. The minimum absolute atomic E-state index is 0.0486. The zero-order chi connectivity index (χ0) is 21.3. The SMILES string of the molecule is Cc1noc(CC(=O)N2CCC(c3nc(C4CCC(C(F)(F)F)CC4)no3)CC2)n1. The maximum Gasteiger partial charge on any atom is 0.391 e. The lowest BCUT2D eigenvalue weighted by Gasteiger charge is -2.30. The summed E-state index contributed by atoms with van der Waals surface area (Å²) in [7, 11) is 0. The quantitative estimate of drug-likeness (QED) is 0.736. The number of aromatic nitrogens is 4. The van der Waals surface area contributed by atoms with Crippen LogP contribution in [-0.4, -0.2) is 50.4 Å². The Morgan fingerprint density at radius 3 is 2.30 bits per heavy atom. The normalized spacial score (nSPS) is 23.7. The van der Waals surface area contributed by atoms with Crippen LogP contribution in [0.4, 0.5) is 13.2 Å². The number of carbonyl (C=O) groups is 1. The second kappa shape index (κ2) is 8.35. The van der Waals surface area contributed by atoms with Crippen LogP contribution in [0.25, 0.3) is 0 Å². The fourth-order valence-corrected chi connectivity index (χ4v) is 4.29. The molecule has 0 bridgehead atoms. The van der Waals surface area contributed by atoms with E-state index in [-0.39, 0.29) is 37.0 Å². The molecule has 2 aromatic heterocycles. The third-order valence-electron chi connectivity index (χ3n) is 6.08. The molecule has 1 amide bonds. The predicted octanol–water partition coefficient (Wildman–Crippen LogP) is 3.55. The molecule has 1 aliphatic heterocycles. The molecule has 4 rings (SSSR count). The Bertz CT molecular complexity index is 865. The summed E-state index contributed by atoms with van der Waals surface area (Å²) >= 11 is 0. The van der Waals surface area contributed by atoms with Crippen LogP contribution < -0.4 is 0 Å². The number of hydrogen-bond donors (Lipinski definition) is 0. The molecule has 2 aliphatic rings. The molecule has 11 heteroatoms. The largest absolute Gasteiger partial charge is 0.391 e. The number of nitrogens with zero attached hydrogens (tertiary/aromatic N) is 5. The molecule has 1 aliphatic carbocycles. The van der Waals surface area contributed by atoms with Crippen molar-refractivity contribution in [1.29, 1.82) is 0 Å². The van der Waals surface area contributed by atoms with Crippen molar-refractivity contribution in [3.8, 4) is 0 Å². The van der Waals surface area contributed by atoms with Crippen molar-refractivity contribution in [2.75, 3.05) is 13.1 Å². The number of hydrogen-bond acceptors (Lipinski definition) is 7. The van der Waals surface area contributed by atoms with Gasteiger partial charge in [-0.25, -0.2) is 0 Å². The van der Waals surface area contributed by atoms with E-state index in [9.17, 15) is 18.0 Å². The minimum atomic E-state index is -4.12. The molecular formula is C19H24F3N5O3. The van der Waals surface area contributed by atoms with Gasteiger partial charge in [-0.05, 0) is 45.4 Å². The second-order valence-corrected chi connectivity index (χ2v) is 8.15. The van der Waals surface area contributed by atoms with Gasteiger partial charge in [0, 0.05) is 24.9 Å². The van der Waals surface area contributed by atoms with Crippen LogP contribution in [0.3, 0.4) is 0 Å². The molecule has 1 saturated heterocycles. The van der Waals surface area contributed by atoms with Crippen LogP contribution in [0.1, 0.15) is 73.8 Å². The summed E-state index contributed by atoms with van der Waals surface area (Å²) in [5, 5.41) is 7.72. The van der Waals surface area contributed by atoms with E-state index < -0.39 is 12.1 Å². The molecule has 1 saturated carbocycles. The summed E-state index contributed by atoms with van der Waals surface area (Å²) in [5.41, 5.74) is 0. The Labute approximate surface area is 171 Å². The van der Waals surface area contributed by atoms with E-state index in [2.05, 4.69) is 20.3 Å². The van der Waals surface area contributed by atoms with E-state index in [0.717, 1.165) is 0 Å². The highest BCUT2D eigenvalue weighted by Gasteiger charge is 2.42. The molecule has 2 fully saturated rings. The molecular weight excluding hydrogens is 403 g/mol. The highest BCUT2D eigenvalue weighted by Crippen LogP contribution is 2.42. The number of aryl methyl sites for hydroxylation is 1. The molecule has 8 nitrogen and oxygen atoms in total. The van der Waals surface area contributed by atoms with E-state index in [0.29, 0.717) is 62.2 Å². The van der Waals surface area contributed by atoms with Crippen molar-refractivity contribution in [3.05, 3.63) is 23.4 Å². The van der Waals surface area contributed by atoms with Gasteiger partial charge in [0.1, 0.15) is 6.42 Å². The van der Waals surface area contributed by atoms with E-state index in [1.54, 1.807) is 11.8 Å². The van der Waals surface area contributed by atoms with Crippen molar-refractivity contribution in [3.63, 3.8) is 0 Å². The maximum absolute atomic E-state index is 12.8. The van der Waals surface area contributed by atoms with Gasteiger partial charge in [0.05, 0.1) is 5.92 Å². The summed E-state index contributed by atoms with van der Waals surface area (Å²) < 4.78 is 48.9. The Kier molecular flexibility index (Phi) is 5.79. The Morgan fingerprint density at radius 2 is 1.70 bits per heavy atom. The van der Waals surface area contributed by atoms with Crippen LogP contribution >= 0.6 is 0 Å². The molecule has 164 valence electrons. The molecule has 2 aromatic rings. The monoisotopic (exact) mass is 427 g/mol. The summed E-state index contributed by atoms with van der Waals surface area (Å²) in [6, 6.07) is 0. The lowest BCUT2D eigenvalue weighted by molar-refractivity contribution is -0.182. The number of rotatable bonds is 4. The van der Waals surface area contributed by atoms with E-state index in [1.807, 2.05) is 0 Å².